The predicted octanol–water partition coefficient (Wildman–Crippen LogP) is 3.27. The fraction of sp³-hybridized carbons (Fsp3) is 0.167. The Labute approximate surface area is 171 Å². The average molecular weight is 439 g/mol. The van der Waals surface area contributed by atoms with Gasteiger partial charge in [-0.25, -0.2) is 4.79 Å². The molecule has 2 amide bonds. The fourth-order valence-electron chi connectivity index (χ4n) is 2.31. The van der Waals surface area contributed by atoms with E-state index in [2.05, 4.69) is 19.6 Å². The zero-order valence-electron chi connectivity index (χ0n) is 15.5. The van der Waals surface area contributed by atoms with Crippen LogP contribution in [0.3, 0.4) is 0 Å². The van der Waals surface area contributed by atoms with E-state index in [-0.39, 0.29) is 28.8 Å². The van der Waals surface area contributed by atoms with Gasteiger partial charge >= 0.3 is 18.2 Å². The van der Waals surface area contributed by atoms with Crippen LogP contribution in [-0.2, 0) is 24.1 Å². The van der Waals surface area contributed by atoms with Crippen molar-refractivity contribution in [3.63, 3.8) is 0 Å². The average Bonchev–Trinajstić information content (AvgIpc) is 3.23. The van der Waals surface area contributed by atoms with Gasteiger partial charge in [-0.15, -0.1) is 5.12 Å². The number of nitrogens with two attached hydrogens (primary N) is 1. The van der Waals surface area contributed by atoms with Crippen LogP contribution in [0.25, 0.3) is 11.4 Å². The van der Waals surface area contributed by atoms with Crippen molar-refractivity contribution in [3.8, 4) is 11.4 Å². The van der Waals surface area contributed by atoms with Crippen LogP contribution in [-0.4, -0.2) is 32.2 Å². The highest BCUT2D eigenvalue weighted by Gasteiger charge is 2.38. The number of primary amides is 1. The molecule has 2 heterocycles. The van der Waals surface area contributed by atoms with Crippen LogP contribution in [0.5, 0.6) is 0 Å². The number of nitrogens with zero attached hydrogens (tertiary/aromatic N) is 4. The summed E-state index contributed by atoms with van der Waals surface area (Å²) >= 11 is 0. The Kier molecular flexibility index (Phi) is 6.13. The standard InChI is InChI=1S/C18H13F4N5O4/c19-18(20,21)16-25-15(26-31-16)12-4-1-10(2-5-12)8-27(22)17(29)30-9-11-3-6-13(14(23)28)24-7-11/h1-7H,8-9H2,(H2,23,28). The van der Waals surface area contributed by atoms with Gasteiger partial charge in [-0.3, -0.25) is 9.78 Å². The van der Waals surface area contributed by atoms with Crippen molar-refractivity contribution in [2.45, 2.75) is 19.3 Å². The molecule has 0 fully saturated rings. The van der Waals surface area contributed by atoms with E-state index in [9.17, 15) is 27.2 Å². The van der Waals surface area contributed by atoms with Gasteiger partial charge in [-0.1, -0.05) is 40.0 Å². The van der Waals surface area contributed by atoms with E-state index in [1.165, 1.54) is 42.6 Å². The Morgan fingerprint density at radius 3 is 2.32 bits per heavy atom. The van der Waals surface area contributed by atoms with Crippen molar-refractivity contribution in [1.29, 1.82) is 0 Å². The van der Waals surface area contributed by atoms with Crippen molar-refractivity contribution in [1.82, 2.24) is 20.2 Å². The molecule has 0 saturated carbocycles. The molecule has 0 radical (unpaired) electrons. The molecule has 0 aliphatic carbocycles. The van der Waals surface area contributed by atoms with E-state index in [1.807, 2.05) is 0 Å². The van der Waals surface area contributed by atoms with Gasteiger partial charge in [0.2, 0.25) is 5.82 Å². The molecule has 3 rings (SSSR count). The lowest BCUT2D eigenvalue weighted by Gasteiger charge is -2.12. The molecule has 2 aromatic heterocycles. The number of rotatable bonds is 6. The molecule has 2 N–H and O–H groups in total. The summed E-state index contributed by atoms with van der Waals surface area (Å²) in [5.74, 6) is -2.49. The first-order valence-electron chi connectivity index (χ1n) is 8.48. The maximum Gasteiger partial charge on any atom is 0.471 e. The van der Waals surface area contributed by atoms with E-state index >= 15 is 0 Å². The van der Waals surface area contributed by atoms with Crippen molar-refractivity contribution >= 4 is 12.0 Å². The summed E-state index contributed by atoms with van der Waals surface area (Å²) in [6.45, 7) is -0.762. The third kappa shape index (κ3) is 5.52. The molecule has 3 aromatic rings. The highest BCUT2D eigenvalue weighted by atomic mass is 19.4. The quantitative estimate of drug-likeness (QED) is 0.462. The molecular formula is C18H13F4N5O4. The number of alkyl halides is 3. The predicted molar refractivity (Wildman–Crippen MR) is 94.3 cm³/mol. The molecule has 13 heteroatoms. The zero-order valence-corrected chi connectivity index (χ0v) is 15.5. The molecule has 0 bridgehead atoms. The van der Waals surface area contributed by atoms with Crippen LogP contribution in [0, 0.1) is 0 Å². The van der Waals surface area contributed by atoms with Crippen molar-refractivity contribution in [2.75, 3.05) is 0 Å². The largest absolute Gasteiger partial charge is 0.471 e. The molecule has 0 spiro atoms. The van der Waals surface area contributed by atoms with E-state index in [4.69, 9.17) is 10.5 Å². The lowest BCUT2D eigenvalue weighted by atomic mass is 10.1. The molecule has 0 saturated heterocycles. The number of hydrogen-bond donors (Lipinski definition) is 1. The van der Waals surface area contributed by atoms with E-state index in [0.29, 0.717) is 11.1 Å². The molecule has 0 unspecified atom stereocenters. The second-order valence-electron chi connectivity index (χ2n) is 6.11. The van der Waals surface area contributed by atoms with Crippen LogP contribution >= 0.6 is 0 Å². The first-order valence-corrected chi connectivity index (χ1v) is 8.48. The number of hydrogen-bond acceptors (Lipinski definition) is 7. The zero-order chi connectivity index (χ0) is 22.6. The molecule has 162 valence electrons. The summed E-state index contributed by atoms with van der Waals surface area (Å²) in [6, 6.07) is 8.25. The van der Waals surface area contributed by atoms with Gasteiger partial charge in [0, 0.05) is 17.3 Å². The number of amides is 2. The maximum absolute atomic E-state index is 14.0. The number of benzene rings is 1. The number of aromatic nitrogens is 3. The number of ether oxygens (including phenoxy) is 1. The Morgan fingerprint density at radius 2 is 1.77 bits per heavy atom. The number of pyridine rings is 1. The normalized spacial score (nSPS) is 11.2. The van der Waals surface area contributed by atoms with Crippen molar-refractivity contribution < 1.29 is 36.5 Å². The van der Waals surface area contributed by atoms with Crippen molar-refractivity contribution in [3.05, 3.63) is 65.3 Å². The molecular weight excluding hydrogens is 426 g/mol. The van der Waals surface area contributed by atoms with Gasteiger partial charge in [-0.2, -0.15) is 18.2 Å². The summed E-state index contributed by atoms with van der Waals surface area (Å²) in [5, 5.41) is 3.06. The number of carbonyl (C=O) groups excluding carboxylic acids is 2. The second kappa shape index (κ2) is 8.77. The maximum atomic E-state index is 14.0. The lowest BCUT2D eigenvalue weighted by Crippen LogP contribution is -2.23. The summed E-state index contributed by atoms with van der Waals surface area (Å²) in [6.07, 6.45) is -4.77. The monoisotopic (exact) mass is 439 g/mol. The van der Waals surface area contributed by atoms with Crippen LogP contribution in [0.4, 0.5) is 22.4 Å². The molecule has 9 nitrogen and oxygen atoms in total. The Balaban J connectivity index is 1.55. The second-order valence-corrected chi connectivity index (χ2v) is 6.11. The third-order valence-corrected chi connectivity index (χ3v) is 3.84. The summed E-state index contributed by atoms with van der Waals surface area (Å²) < 4.78 is 60.5. The number of halogens is 4. The molecule has 0 atom stereocenters. The highest BCUT2D eigenvalue weighted by Crippen LogP contribution is 2.29. The van der Waals surface area contributed by atoms with Crippen LogP contribution in [0.15, 0.2) is 47.1 Å². The minimum atomic E-state index is -4.76. The van der Waals surface area contributed by atoms with Crippen molar-refractivity contribution in [2.24, 2.45) is 5.73 Å². The van der Waals surface area contributed by atoms with Gasteiger partial charge < -0.3 is 15.0 Å². The molecule has 0 aliphatic rings. The fourth-order valence-corrected chi connectivity index (χ4v) is 2.31. The van der Waals surface area contributed by atoms with E-state index < -0.39 is 30.6 Å². The minimum Gasteiger partial charge on any atom is -0.443 e. The van der Waals surface area contributed by atoms with Crippen LogP contribution < -0.4 is 5.73 Å². The molecule has 0 aliphatic heterocycles. The summed E-state index contributed by atoms with van der Waals surface area (Å²) in [7, 11) is 0. The smallest absolute Gasteiger partial charge is 0.443 e. The topological polar surface area (TPSA) is 124 Å². The van der Waals surface area contributed by atoms with Gasteiger partial charge in [0.15, 0.2) is 0 Å². The summed E-state index contributed by atoms with van der Waals surface area (Å²) in [5.41, 5.74) is 6.04. The van der Waals surface area contributed by atoms with Gasteiger partial charge in [0.1, 0.15) is 12.3 Å². The van der Waals surface area contributed by atoms with Gasteiger partial charge in [-0.05, 0) is 11.6 Å². The van der Waals surface area contributed by atoms with Gasteiger partial charge in [0.25, 0.3) is 5.91 Å². The van der Waals surface area contributed by atoms with Crippen LogP contribution in [0.1, 0.15) is 27.5 Å². The first-order chi connectivity index (χ1) is 14.6. The summed E-state index contributed by atoms with van der Waals surface area (Å²) in [4.78, 5) is 29.7. The number of carbonyl (C=O) groups is 2. The Morgan fingerprint density at radius 1 is 1.10 bits per heavy atom. The Hall–Kier alpha value is -4.03. The molecule has 1 aromatic carbocycles. The molecule has 31 heavy (non-hydrogen) atoms. The Bertz CT molecular complexity index is 1070. The van der Waals surface area contributed by atoms with E-state index in [0.717, 1.165) is 0 Å². The minimum absolute atomic E-state index is 0.0288. The van der Waals surface area contributed by atoms with Gasteiger partial charge in [0.05, 0.1) is 6.54 Å². The van der Waals surface area contributed by atoms with Crippen LogP contribution in [0.2, 0.25) is 0 Å². The first kappa shape index (κ1) is 21.7. The van der Waals surface area contributed by atoms with E-state index in [1.54, 1.807) is 0 Å². The third-order valence-electron chi connectivity index (χ3n) is 3.84. The lowest BCUT2D eigenvalue weighted by molar-refractivity contribution is -0.159. The SMILES string of the molecule is NC(=O)c1ccc(COC(=O)N(F)Cc2ccc(-c3noc(C(F)(F)F)n3)cc2)cn1. The highest BCUT2D eigenvalue weighted by molar-refractivity contribution is 5.90.